The van der Waals surface area contributed by atoms with Crippen molar-refractivity contribution in [2.75, 3.05) is 19.6 Å². The Morgan fingerprint density at radius 2 is 2.00 bits per heavy atom. The van der Waals surface area contributed by atoms with Gasteiger partial charge >= 0.3 is 0 Å². The zero-order valence-corrected chi connectivity index (χ0v) is 18.2. The van der Waals surface area contributed by atoms with Crippen LogP contribution in [0, 0.1) is 18.8 Å². The number of aromatic nitrogens is 1. The fraction of sp³-hybridized carbons (Fsp3) is 0.600. The highest BCUT2D eigenvalue weighted by atomic mass is 16.5. The Bertz CT molecular complexity index is 891. The Labute approximate surface area is 179 Å². The third kappa shape index (κ3) is 3.47. The van der Waals surface area contributed by atoms with Crippen molar-refractivity contribution in [1.82, 2.24) is 15.0 Å². The molecule has 160 valence electrons. The van der Waals surface area contributed by atoms with Crippen molar-refractivity contribution >= 4 is 5.91 Å². The number of fused-ring (bicyclic) bond motifs is 4. The van der Waals surface area contributed by atoms with Crippen molar-refractivity contribution in [1.29, 1.82) is 0 Å². The average Bonchev–Trinajstić information content (AvgIpc) is 3.16. The van der Waals surface area contributed by atoms with Crippen LogP contribution in [-0.4, -0.2) is 52.6 Å². The van der Waals surface area contributed by atoms with Crippen molar-refractivity contribution in [3.8, 4) is 11.3 Å². The summed E-state index contributed by atoms with van der Waals surface area (Å²) in [6, 6.07) is 11.3. The molecule has 0 spiro atoms. The SMILES string of the molecule is CCC[C@H]1CCC[C@H]2[C@@H]3C[C@@H](CN(C(=O)c4c(-c5ccccc5)noc4C)C3)CN12. The van der Waals surface area contributed by atoms with Gasteiger partial charge in [0.15, 0.2) is 0 Å². The molecule has 3 fully saturated rings. The number of carbonyl (C=O) groups excluding carboxylic acids is 1. The van der Waals surface area contributed by atoms with E-state index in [2.05, 4.69) is 21.9 Å². The third-order valence-electron chi connectivity index (χ3n) is 7.55. The highest BCUT2D eigenvalue weighted by Gasteiger charge is 2.45. The van der Waals surface area contributed by atoms with Crippen LogP contribution in [-0.2, 0) is 0 Å². The van der Waals surface area contributed by atoms with Crippen LogP contribution in [0.25, 0.3) is 11.3 Å². The minimum atomic E-state index is 0.0941. The van der Waals surface area contributed by atoms with E-state index in [9.17, 15) is 4.79 Å². The van der Waals surface area contributed by atoms with Crippen LogP contribution in [0.5, 0.6) is 0 Å². The molecule has 1 aromatic heterocycles. The van der Waals surface area contributed by atoms with Gasteiger partial charge in [-0.15, -0.1) is 0 Å². The van der Waals surface area contributed by atoms with Gasteiger partial charge in [-0.25, -0.2) is 0 Å². The molecule has 3 aliphatic rings. The standard InChI is InChI=1S/C25H33N3O2/c1-3-8-21-11-7-12-22-20-13-18(15-28(21)22)14-27(16-20)25(29)23-17(2)30-26-24(23)19-9-5-4-6-10-19/h4-6,9-10,18,20-22H,3,7-8,11-16H2,1-2H3/t18-,20+,21-,22-/m0/s1. The normalized spacial score (nSPS) is 28.9. The molecule has 5 heteroatoms. The molecule has 2 bridgehead atoms. The fourth-order valence-electron chi connectivity index (χ4n) is 6.30. The molecule has 0 radical (unpaired) electrons. The second-order valence-electron chi connectivity index (χ2n) is 9.54. The van der Waals surface area contributed by atoms with E-state index in [1.807, 2.05) is 37.3 Å². The Kier molecular flexibility index (Phi) is 5.40. The van der Waals surface area contributed by atoms with E-state index in [0.29, 0.717) is 34.9 Å². The predicted octanol–water partition coefficient (Wildman–Crippen LogP) is 4.77. The zero-order valence-electron chi connectivity index (χ0n) is 18.2. The Balaban J connectivity index is 1.38. The second-order valence-corrected chi connectivity index (χ2v) is 9.54. The summed E-state index contributed by atoms with van der Waals surface area (Å²) in [7, 11) is 0. The maximum atomic E-state index is 13.6. The Morgan fingerprint density at radius 3 is 2.80 bits per heavy atom. The molecule has 4 atom stereocenters. The molecule has 0 N–H and O–H groups in total. The number of aryl methyl sites for hydroxylation is 1. The van der Waals surface area contributed by atoms with Gasteiger partial charge < -0.3 is 9.42 Å². The predicted molar refractivity (Wildman–Crippen MR) is 117 cm³/mol. The van der Waals surface area contributed by atoms with Crippen LogP contribution in [0.15, 0.2) is 34.9 Å². The monoisotopic (exact) mass is 407 g/mol. The number of amides is 1. The molecule has 0 aliphatic carbocycles. The van der Waals surface area contributed by atoms with Gasteiger partial charge in [-0.3, -0.25) is 9.69 Å². The van der Waals surface area contributed by atoms with Crippen LogP contribution in [0.4, 0.5) is 0 Å². The maximum Gasteiger partial charge on any atom is 0.259 e. The summed E-state index contributed by atoms with van der Waals surface area (Å²) in [5, 5.41) is 4.24. The van der Waals surface area contributed by atoms with Crippen molar-refractivity contribution in [3.63, 3.8) is 0 Å². The molecular formula is C25H33N3O2. The molecule has 3 saturated heterocycles. The van der Waals surface area contributed by atoms with Crippen molar-refractivity contribution < 1.29 is 9.32 Å². The summed E-state index contributed by atoms with van der Waals surface area (Å²) in [5.41, 5.74) is 2.26. The first-order chi connectivity index (χ1) is 14.7. The topological polar surface area (TPSA) is 49.6 Å². The summed E-state index contributed by atoms with van der Waals surface area (Å²) in [4.78, 5) is 18.6. The molecule has 30 heavy (non-hydrogen) atoms. The first kappa shape index (κ1) is 19.8. The highest BCUT2D eigenvalue weighted by molar-refractivity contribution is 6.00. The minimum Gasteiger partial charge on any atom is -0.360 e. The van der Waals surface area contributed by atoms with E-state index >= 15 is 0 Å². The van der Waals surface area contributed by atoms with Gasteiger partial charge in [-0.2, -0.15) is 0 Å². The number of likely N-dealkylation sites (tertiary alicyclic amines) is 1. The first-order valence-electron chi connectivity index (χ1n) is 11.7. The molecule has 2 aromatic rings. The molecule has 3 aliphatic heterocycles. The summed E-state index contributed by atoms with van der Waals surface area (Å²) in [6.07, 6.45) is 7.84. The van der Waals surface area contributed by atoms with E-state index in [4.69, 9.17) is 4.52 Å². The van der Waals surface area contributed by atoms with Crippen LogP contribution in [0.3, 0.4) is 0 Å². The Hall–Kier alpha value is -2.14. The lowest BCUT2D eigenvalue weighted by atomic mass is 9.74. The van der Waals surface area contributed by atoms with Gasteiger partial charge in [0, 0.05) is 37.3 Å². The number of hydrogen-bond acceptors (Lipinski definition) is 4. The first-order valence-corrected chi connectivity index (χ1v) is 11.7. The molecule has 0 unspecified atom stereocenters. The molecule has 5 rings (SSSR count). The minimum absolute atomic E-state index is 0.0941. The van der Waals surface area contributed by atoms with Crippen LogP contribution in [0.2, 0.25) is 0 Å². The summed E-state index contributed by atoms with van der Waals surface area (Å²) < 4.78 is 5.48. The maximum absolute atomic E-state index is 13.6. The lowest BCUT2D eigenvalue weighted by molar-refractivity contribution is -0.0519. The number of nitrogens with zero attached hydrogens (tertiary/aromatic N) is 3. The summed E-state index contributed by atoms with van der Waals surface area (Å²) >= 11 is 0. The van der Waals surface area contributed by atoms with E-state index < -0.39 is 0 Å². The number of rotatable bonds is 4. The van der Waals surface area contributed by atoms with Crippen molar-refractivity contribution in [3.05, 3.63) is 41.7 Å². The van der Waals surface area contributed by atoms with Crippen LogP contribution >= 0.6 is 0 Å². The quantitative estimate of drug-likeness (QED) is 0.733. The molecule has 1 aromatic carbocycles. The van der Waals surface area contributed by atoms with E-state index in [1.54, 1.807) is 0 Å². The Morgan fingerprint density at radius 1 is 1.17 bits per heavy atom. The average molecular weight is 408 g/mol. The molecule has 4 heterocycles. The van der Waals surface area contributed by atoms with E-state index in [1.165, 1.54) is 38.5 Å². The van der Waals surface area contributed by atoms with Gasteiger partial charge in [0.1, 0.15) is 17.0 Å². The molecule has 5 nitrogen and oxygen atoms in total. The lowest BCUT2D eigenvalue weighted by Gasteiger charge is -2.55. The van der Waals surface area contributed by atoms with Crippen LogP contribution in [0.1, 0.15) is 61.6 Å². The summed E-state index contributed by atoms with van der Waals surface area (Å²) in [5.74, 6) is 1.90. The number of hydrogen-bond donors (Lipinski definition) is 0. The lowest BCUT2D eigenvalue weighted by Crippen LogP contribution is -2.62. The largest absolute Gasteiger partial charge is 0.360 e. The third-order valence-corrected chi connectivity index (χ3v) is 7.55. The molecule has 0 saturated carbocycles. The smallest absolute Gasteiger partial charge is 0.259 e. The van der Waals surface area contributed by atoms with Crippen molar-refractivity contribution in [2.45, 2.75) is 64.5 Å². The van der Waals surface area contributed by atoms with Gasteiger partial charge in [0.2, 0.25) is 0 Å². The number of benzene rings is 1. The highest BCUT2D eigenvalue weighted by Crippen LogP contribution is 2.41. The van der Waals surface area contributed by atoms with Crippen molar-refractivity contribution in [2.24, 2.45) is 11.8 Å². The molecular weight excluding hydrogens is 374 g/mol. The number of carbonyl (C=O) groups is 1. The second kappa shape index (κ2) is 8.18. The fourth-order valence-corrected chi connectivity index (χ4v) is 6.30. The summed E-state index contributed by atoms with van der Waals surface area (Å²) in [6.45, 7) is 7.05. The van der Waals surface area contributed by atoms with E-state index in [-0.39, 0.29) is 5.91 Å². The van der Waals surface area contributed by atoms with Gasteiger partial charge in [0.05, 0.1) is 0 Å². The molecule has 1 amide bonds. The van der Waals surface area contributed by atoms with E-state index in [0.717, 1.165) is 31.2 Å². The van der Waals surface area contributed by atoms with Gasteiger partial charge in [-0.05, 0) is 44.4 Å². The number of piperidine rings is 3. The van der Waals surface area contributed by atoms with Crippen LogP contribution < -0.4 is 0 Å². The van der Waals surface area contributed by atoms with Gasteiger partial charge in [0.25, 0.3) is 5.91 Å². The zero-order chi connectivity index (χ0) is 20.7. The van der Waals surface area contributed by atoms with Gasteiger partial charge in [-0.1, -0.05) is 55.3 Å².